The van der Waals surface area contributed by atoms with Gasteiger partial charge in [0.1, 0.15) is 22.7 Å². The fourth-order valence-electron chi connectivity index (χ4n) is 1.20. The fourth-order valence-corrected chi connectivity index (χ4v) is 1.33. The van der Waals surface area contributed by atoms with Gasteiger partial charge in [-0.3, -0.25) is 0 Å². The van der Waals surface area contributed by atoms with Crippen LogP contribution in [-0.2, 0) is 0 Å². The summed E-state index contributed by atoms with van der Waals surface area (Å²) in [5, 5.41) is 8.74. The molecule has 2 rings (SSSR count). The number of hydrogen-bond donors (Lipinski definition) is 1. The van der Waals surface area contributed by atoms with Gasteiger partial charge in [0.05, 0.1) is 11.8 Å². The van der Waals surface area contributed by atoms with Gasteiger partial charge in [0, 0.05) is 6.07 Å². The average Bonchev–Trinajstić information content (AvgIpc) is 2.34. The van der Waals surface area contributed by atoms with E-state index in [0.29, 0.717) is 0 Å². The summed E-state index contributed by atoms with van der Waals surface area (Å²) in [6, 6.07) is 5.49. The van der Waals surface area contributed by atoms with E-state index in [9.17, 15) is 4.39 Å². The van der Waals surface area contributed by atoms with E-state index in [2.05, 4.69) is 9.97 Å². The van der Waals surface area contributed by atoms with Gasteiger partial charge in [-0.15, -0.1) is 0 Å². The second-order valence-electron chi connectivity index (χ2n) is 3.24. The van der Waals surface area contributed by atoms with Crippen molar-refractivity contribution in [1.29, 1.82) is 5.26 Å². The van der Waals surface area contributed by atoms with Gasteiger partial charge in [-0.2, -0.15) is 10.2 Å². The molecule has 0 amide bonds. The first-order chi connectivity index (χ1) is 8.60. The summed E-state index contributed by atoms with van der Waals surface area (Å²) in [5.41, 5.74) is 5.31. The van der Waals surface area contributed by atoms with Crippen molar-refractivity contribution in [2.24, 2.45) is 0 Å². The number of rotatable bonds is 2. The SMILES string of the molecule is N#Cc1ccc(Oc2nc(N)ncc2Cl)cc1F. The van der Waals surface area contributed by atoms with E-state index in [-0.39, 0.29) is 28.2 Å². The minimum Gasteiger partial charge on any atom is -0.437 e. The molecule has 0 bridgehead atoms. The maximum atomic E-state index is 13.3. The molecule has 1 aromatic carbocycles. The van der Waals surface area contributed by atoms with Gasteiger partial charge in [-0.25, -0.2) is 9.37 Å². The smallest absolute Gasteiger partial charge is 0.243 e. The van der Waals surface area contributed by atoms with Crippen molar-refractivity contribution in [3.05, 3.63) is 40.8 Å². The van der Waals surface area contributed by atoms with Gasteiger partial charge in [0.2, 0.25) is 11.8 Å². The first-order valence-electron chi connectivity index (χ1n) is 4.75. The highest BCUT2D eigenvalue weighted by Crippen LogP contribution is 2.27. The van der Waals surface area contributed by atoms with E-state index in [4.69, 9.17) is 27.3 Å². The Morgan fingerprint density at radius 2 is 2.22 bits per heavy atom. The van der Waals surface area contributed by atoms with Crippen molar-refractivity contribution in [2.75, 3.05) is 5.73 Å². The number of benzene rings is 1. The van der Waals surface area contributed by atoms with Crippen LogP contribution in [0.15, 0.2) is 24.4 Å². The quantitative estimate of drug-likeness (QED) is 0.901. The summed E-state index contributed by atoms with van der Waals surface area (Å²) in [4.78, 5) is 7.43. The minimum atomic E-state index is -0.687. The maximum Gasteiger partial charge on any atom is 0.243 e. The van der Waals surface area contributed by atoms with Crippen molar-refractivity contribution < 1.29 is 9.13 Å². The Balaban J connectivity index is 2.32. The maximum absolute atomic E-state index is 13.3. The zero-order valence-electron chi connectivity index (χ0n) is 8.89. The van der Waals surface area contributed by atoms with E-state index in [0.717, 1.165) is 6.07 Å². The van der Waals surface area contributed by atoms with Crippen LogP contribution in [-0.4, -0.2) is 9.97 Å². The van der Waals surface area contributed by atoms with Crippen LogP contribution < -0.4 is 10.5 Å². The molecule has 0 aliphatic carbocycles. The first kappa shape index (κ1) is 12.1. The summed E-state index contributed by atoms with van der Waals surface area (Å²) in [5.74, 6) is -0.517. The Morgan fingerprint density at radius 3 is 2.89 bits per heavy atom. The molecule has 90 valence electrons. The van der Waals surface area contributed by atoms with Crippen LogP contribution >= 0.6 is 11.6 Å². The normalized spacial score (nSPS) is 9.83. The molecule has 18 heavy (non-hydrogen) atoms. The van der Waals surface area contributed by atoms with Crippen molar-refractivity contribution >= 4 is 17.5 Å². The lowest BCUT2D eigenvalue weighted by Gasteiger charge is -2.06. The number of nitrogens with zero attached hydrogens (tertiary/aromatic N) is 3. The lowest BCUT2D eigenvalue weighted by Crippen LogP contribution is -1.97. The van der Waals surface area contributed by atoms with Gasteiger partial charge in [0.25, 0.3) is 0 Å². The minimum absolute atomic E-state index is 0.0106. The van der Waals surface area contributed by atoms with Crippen molar-refractivity contribution in [1.82, 2.24) is 9.97 Å². The molecular weight excluding hydrogens is 259 g/mol. The molecule has 0 saturated carbocycles. The van der Waals surface area contributed by atoms with Gasteiger partial charge in [-0.05, 0) is 12.1 Å². The van der Waals surface area contributed by atoms with E-state index in [1.54, 1.807) is 6.07 Å². The first-order valence-corrected chi connectivity index (χ1v) is 5.13. The predicted octanol–water partition coefficient (Wildman–Crippen LogP) is 2.52. The van der Waals surface area contributed by atoms with Crippen LogP contribution in [0.1, 0.15) is 5.56 Å². The van der Waals surface area contributed by atoms with Crippen LogP contribution in [0, 0.1) is 17.1 Å². The topological polar surface area (TPSA) is 84.8 Å². The number of nitrogens with two attached hydrogens (primary N) is 1. The summed E-state index contributed by atoms with van der Waals surface area (Å²) >= 11 is 5.79. The molecule has 2 aromatic rings. The number of anilines is 1. The summed E-state index contributed by atoms with van der Waals surface area (Å²) in [7, 11) is 0. The Kier molecular flexibility index (Phi) is 3.26. The van der Waals surface area contributed by atoms with Crippen molar-refractivity contribution in [3.63, 3.8) is 0 Å². The van der Waals surface area contributed by atoms with Crippen molar-refractivity contribution in [3.8, 4) is 17.7 Å². The second kappa shape index (κ2) is 4.85. The van der Waals surface area contributed by atoms with Crippen LogP contribution in [0.4, 0.5) is 10.3 Å². The third-order valence-electron chi connectivity index (χ3n) is 2.01. The van der Waals surface area contributed by atoms with Crippen molar-refractivity contribution in [2.45, 2.75) is 0 Å². The fraction of sp³-hybridized carbons (Fsp3) is 0. The van der Waals surface area contributed by atoms with E-state index in [1.165, 1.54) is 18.3 Å². The molecule has 0 atom stereocenters. The standard InChI is InChI=1S/C11H6ClFN4O/c12-8-5-16-11(15)17-10(8)18-7-2-1-6(4-14)9(13)3-7/h1-3,5H,(H2,15,16,17). The van der Waals surface area contributed by atoms with Gasteiger partial charge in [0.15, 0.2) is 0 Å². The largest absolute Gasteiger partial charge is 0.437 e. The van der Waals surface area contributed by atoms with Gasteiger partial charge in [-0.1, -0.05) is 11.6 Å². The van der Waals surface area contributed by atoms with Crippen LogP contribution in [0.5, 0.6) is 11.6 Å². The molecule has 1 aromatic heterocycles. The number of nitriles is 1. The Bertz CT molecular complexity index is 641. The molecule has 0 radical (unpaired) electrons. The van der Waals surface area contributed by atoms with E-state index in [1.807, 2.05) is 0 Å². The molecule has 0 unspecified atom stereocenters. The van der Waals surface area contributed by atoms with E-state index >= 15 is 0 Å². The van der Waals surface area contributed by atoms with E-state index < -0.39 is 5.82 Å². The summed E-state index contributed by atoms with van der Waals surface area (Å²) < 4.78 is 18.6. The highest BCUT2D eigenvalue weighted by molar-refractivity contribution is 6.31. The zero-order valence-corrected chi connectivity index (χ0v) is 9.65. The number of nitrogen functional groups attached to an aromatic ring is 1. The molecule has 0 spiro atoms. The molecule has 5 nitrogen and oxygen atoms in total. The molecule has 0 fully saturated rings. The van der Waals surface area contributed by atoms with Crippen LogP contribution in [0.2, 0.25) is 5.02 Å². The monoisotopic (exact) mass is 264 g/mol. The highest BCUT2D eigenvalue weighted by atomic mass is 35.5. The number of halogens is 2. The van der Waals surface area contributed by atoms with Crippen LogP contribution in [0.25, 0.3) is 0 Å². The molecule has 2 N–H and O–H groups in total. The molecular formula is C11H6ClFN4O. The molecule has 7 heteroatoms. The molecule has 0 aliphatic heterocycles. The molecule has 0 saturated heterocycles. The Hall–Kier alpha value is -2.39. The second-order valence-corrected chi connectivity index (χ2v) is 3.64. The number of aromatic nitrogens is 2. The van der Waals surface area contributed by atoms with Gasteiger partial charge < -0.3 is 10.5 Å². The molecule has 1 heterocycles. The zero-order chi connectivity index (χ0) is 13.1. The van der Waals surface area contributed by atoms with Gasteiger partial charge >= 0.3 is 0 Å². The summed E-state index contributed by atoms with van der Waals surface area (Å²) in [6.07, 6.45) is 1.28. The molecule has 0 aliphatic rings. The number of hydrogen-bond acceptors (Lipinski definition) is 5. The number of ether oxygens (including phenoxy) is 1. The summed E-state index contributed by atoms with van der Waals surface area (Å²) in [6.45, 7) is 0. The lowest BCUT2D eigenvalue weighted by atomic mass is 10.2. The Morgan fingerprint density at radius 1 is 1.44 bits per heavy atom. The average molecular weight is 265 g/mol. The lowest BCUT2D eigenvalue weighted by molar-refractivity contribution is 0.458. The third-order valence-corrected chi connectivity index (χ3v) is 2.27. The predicted molar refractivity (Wildman–Crippen MR) is 62.6 cm³/mol. The highest BCUT2D eigenvalue weighted by Gasteiger charge is 2.09. The Labute approximate surface area is 107 Å². The third kappa shape index (κ3) is 2.47. The van der Waals surface area contributed by atoms with Crippen LogP contribution in [0.3, 0.4) is 0 Å².